The SMILES string of the molecule is O=C(NCCO)c1ccc2c(c1)no[n+]2[O-]. The Morgan fingerprint density at radius 1 is 1.62 bits per heavy atom. The summed E-state index contributed by atoms with van der Waals surface area (Å²) in [5, 5.41) is 25.5. The molecule has 0 saturated heterocycles. The molecule has 2 aromatic rings. The number of fused-ring (bicyclic) bond motifs is 1. The van der Waals surface area contributed by atoms with Crippen LogP contribution >= 0.6 is 0 Å². The van der Waals surface area contributed by atoms with Crippen LogP contribution in [0.4, 0.5) is 0 Å². The number of aromatic nitrogens is 2. The largest absolute Gasteiger partial charge is 0.395 e. The van der Waals surface area contributed by atoms with Gasteiger partial charge in [-0.25, -0.2) is 0 Å². The van der Waals surface area contributed by atoms with Crippen LogP contribution in [-0.4, -0.2) is 29.3 Å². The Labute approximate surface area is 89.8 Å². The first kappa shape index (κ1) is 10.4. The molecule has 0 saturated carbocycles. The van der Waals surface area contributed by atoms with Crippen LogP contribution in [0.3, 0.4) is 0 Å². The minimum Gasteiger partial charge on any atom is -0.395 e. The highest BCUT2D eigenvalue weighted by molar-refractivity contribution is 5.96. The van der Waals surface area contributed by atoms with Crippen LogP contribution < -0.4 is 10.2 Å². The van der Waals surface area contributed by atoms with Gasteiger partial charge in [0.15, 0.2) is 0 Å². The second-order valence-corrected chi connectivity index (χ2v) is 3.11. The molecule has 1 heterocycles. The molecule has 7 heteroatoms. The molecule has 16 heavy (non-hydrogen) atoms. The molecule has 84 valence electrons. The predicted molar refractivity (Wildman–Crippen MR) is 52.4 cm³/mol. The van der Waals surface area contributed by atoms with Crippen molar-refractivity contribution in [3.05, 3.63) is 29.0 Å². The van der Waals surface area contributed by atoms with Crippen molar-refractivity contribution < 1.29 is 19.4 Å². The highest BCUT2D eigenvalue weighted by Gasteiger charge is 2.12. The number of carbonyl (C=O) groups is 1. The molecule has 1 aromatic heterocycles. The highest BCUT2D eigenvalue weighted by atomic mass is 16.8. The van der Waals surface area contributed by atoms with Crippen molar-refractivity contribution in [3.63, 3.8) is 0 Å². The number of rotatable bonds is 3. The second kappa shape index (κ2) is 4.15. The van der Waals surface area contributed by atoms with E-state index in [2.05, 4.69) is 15.1 Å². The molecule has 0 aliphatic heterocycles. The molecule has 1 amide bonds. The van der Waals surface area contributed by atoms with E-state index in [9.17, 15) is 10.0 Å². The number of hydrogen-bond donors (Lipinski definition) is 2. The lowest BCUT2D eigenvalue weighted by Crippen LogP contribution is -2.26. The van der Waals surface area contributed by atoms with Crippen molar-refractivity contribution >= 4 is 16.9 Å². The summed E-state index contributed by atoms with van der Waals surface area (Å²) in [7, 11) is 0. The number of amides is 1. The summed E-state index contributed by atoms with van der Waals surface area (Å²) in [5.41, 5.74) is 0.931. The summed E-state index contributed by atoms with van der Waals surface area (Å²) in [6.07, 6.45) is 0. The van der Waals surface area contributed by atoms with Gasteiger partial charge in [0.25, 0.3) is 5.91 Å². The fraction of sp³-hybridized carbons (Fsp3) is 0.222. The van der Waals surface area contributed by atoms with Gasteiger partial charge in [-0.15, -0.1) is 0 Å². The number of nitrogens with zero attached hydrogens (tertiary/aromatic N) is 2. The van der Waals surface area contributed by atoms with Gasteiger partial charge in [-0.05, 0) is 17.0 Å². The summed E-state index contributed by atoms with van der Waals surface area (Å²) in [6.45, 7) is 0.0513. The van der Waals surface area contributed by atoms with Gasteiger partial charge < -0.3 is 15.6 Å². The second-order valence-electron chi connectivity index (χ2n) is 3.11. The minimum atomic E-state index is -0.337. The molecular formula is C9H9N3O4. The first-order valence-corrected chi connectivity index (χ1v) is 4.61. The van der Waals surface area contributed by atoms with Crippen LogP contribution in [-0.2, 0) is 0 Å². The molecule has 0 aliphatic carbocycles. The molecule has 2 rings (SSSR count). The van der Waals surface area contributed by atoms with Gasteiger partial charge >= 0.3 is 0 Å². The number of hydrogen-bond acceptors (Lipinski definition) is 5. The van der Waals surface area contributed by atoms with Gasteiger partial charge in [0.2, 0.25) is 11.0 Å². The lowest BCUT2D eigenvalue weighted by atomic mass is 10.2. The normalized spacial score (nSPS) is 10.6. The summed E-state index contributed by atoms with van der Waals surface area (Å²) in [6, 6.07) is 4.38. The third-order valence-corrected chi connectivity index (χ3v) is 2.04. The van der Waals surface area contributed by atoms with Crippen LogP contribution in [0.1, 0.15) is 10.4 Å². The molecule has 0 radical (unpaired) electrons. The maximum atomic E-state index is 11.5. The Bertz CT molecular complexity index is 522. The Morgan fingerprint density at radius 2 is 2.44 bits per heavy atom. The molecule has 0 fully saturated rings. The molecular weight excluding hydrogens is 214 g/mol. The van der Waals surface area contributed by atoms with Gasteiger partial charge in [0.05, 0.1) is 6.61 Å². The number of benzene rings is 1. The number of aliphatic hydroxyl groups is 1. The highest BCUT2D eigenvalue weighted by Crippen LogP contribution is 2.10. The van der Waals surface area contributed by atoms with Gasteiger partial charge in [-0.1, -0.05) is 0 Å². The van der Waals surface area contributed by atoms with E-state index < -0.39 is 0 Å². The van der Waals surface area contributed by atoms with E-state index in [1.165, 1.54) is 18.2 Å². The first-order chi connectivity index (χ1) is 7.72. The Morgan fingerprint density at radius 3 is 3.19 bits per heavy atom. The molecule has 0 aliphatic rings. The Balaban J connectivity index is 2.29. The van der Waals surface area contributed by atoms with E-state index in [4.69, 9.17) is 5.11 Å². The van der Waals surface area contributed by atoms with Crippen LogP contribution in [0.2, 0.25) is 0 Å². The summed E-state index contributed by atoms with van der Waals surface area (Å²) >= 11 is 0. The average Bonchev–Trinajstić information content (AvgIpc) is 2.67. The molecule has 0 bridgehead atoms. The fourth-order valence-corrected chi connectivity index (χ4v) is 1.29. The van der Waals surface area contributed by atoms with Crippen LogP contribution in [0.5, 0.6) is 0 Å². The zero-order valence-corrected chi connectivity index (χ0v) is 8.21. The number of carbonyl (C=O) groups excluding carboxylic acids is 1. The van der Waals surface area contributed by atoms with E-state index in [0.29, 0.717) is 11.1 Å². The van der Waals surface area contributed by atoms with Crippen molar-refractivity contribution in [2.45, 2.75) is 0 Å². The molecule has 0 atom stereocenters. The quantitative estimate of drug-likeness (QED) is 0.662. The monoisotopic (exact) mass is 223 g/mol. The minimum absolute atomic E-state index is 0.126. The zero-order valence-electron chi connectivity index (χ0n) is 8.21. The van der Waals surface area contributed by atoms with E-state index in [-0.39, 0.29) is 29.5 Å². The summed E-state index contributed by atoms with van der Waals surface area (Å²) in [5.74, 6) is -0.337. The molecule has 0 spiro atoms. The lowest BCUT2D eigenvalue weighted by Gasteiger charge is -2.01. The topological polar surface area (TPSA) is 102 Å². The van der Waals surface area contributed by atoms with Crippen LogP contribution in [0, 0.1) is 5.21 Å². The summed E-state index contributed by atoms with van der Waals surface area (Å²) in [4.78, 5) is 11.8. The van der Waals surface area contributed by atoms with Gasteiger partial charge in [-0.2, -0.15) is 0 Å². The van der Waals surface area contributed by atoms with Crippen molar-refractivity contribution in [1.82, 2.24) is 10.5 Å². The van der Waals surface area contributed by atoms with E-state index >= 15 is 0 Å². The third-order valence-electron chi connectivity index (χ3n) is 2.04. The van der Waals surface area contributed by atoms with Crippen LogP contribution in [0.15, 0.2) is 22.8 Å². The first-order valence-electron chi connectivity index (χ1n) is 4.61. The fourth-order valence-electron chi connectivity index (χ4n) is 1.29. The predicted octanol–water partition coefficient (Wildman–Crippen LogP) is -0.817. The number of aliphatic hydroxyl groups excluding tert-OH is 1. The molecule has 2 N–H and O–H groups in total. The average molecular weight is 223 g/mol. The maximum Gasteiger partial charge on any atom is 0.251 e. The zero-order chi connectivity index (χ0) is 11.5. The Hall–Kier alpha value is -2.15. The van der Waals surface area contributed by atoms with E-state index in [0.717, 1.165) is 0 Å². The van der Waals surface area contributed by atoms with E-state index in [1.807, 2.05) is 0 Å². The number of nitrogens with one attached hydrogen (secondary N) is 1. The van der Waals surface area contributed by atoms with Crippen molar-refractivity contribution in [2.24, 2.45) is 0 Å². The Kier molecular flexibility index (Phi) is 2.69. The van der Waals surface area contributed by atoms with Crippen LogP contribution in [0.25, 0.3) is 11.0 Å². The molecule has 7 nitrogen and oxygen atoms in total. The van der Waals surface area contributed by atoms with Crippen molar-refractivity contribution in [3.8, 4) is 0 Å². The third kappa shape index (κ3) is 1.80. The van der Waals surface area contributed by atoms with Crippen molar-refractivity contribution in [2.75, 3.05) is 13.2 Å². The van der Waals surface area contributed by atoms with Gasteiger partial charge in [0.1, 0.15) is 0 Å². The van der Waals surface area contributed by atoms with Gasteiger partial charge in [-0.3, -0.25) is 9.42 Å². The van der Waals surface area contributed by atoms with Crippen molar-refractivity contribution in [1.29, 1.82) is 0 Å². The molecule has 1 aromatic carbocycles. The standard InChI is InChI=1S/C9H9N3O4/c13-4-3-10-9(14)6-1-2-8-7(5-6)11-16-12(8)15/h1-2,5,13H,3-4H2,(H,10,14). The smallest absolute Gasteiger partial charge is 0.251 e. The van der Waals surface area contributed by atoms with E-state index in [1.54, 1.807) is 0 Å². The summed E-state index contributed by atoms with van der Waals surface area (Å²) < 4.78 is 4.37. The van der Waals surface area contributed by atoms with Gasteiger partial charge in [0, 0.05) is 23.3 Å². The lowest BCUT2D eigenvalue weighted by molar-refractivity contribution is -0.782. The molecule has 0 unspecified atom stereocenters. The maximum absolute atomic E-state index is 11.5.